The van der Waals surface area contributed by atoms with Crippen molar-refractivity contribution in [2.75, 3.05) is 0 Å². The van der Waals surface area contributed by atoms with Gasteiger partial charge >= 0.3 is 0 Å². The van der Waals surface area contributed by atoms with Crippen LogP contribution in [-0.2, 0) is 0 Å². The third kappa shape index (κ3) is 1.44. The van der Waals surface area contributed by atoms with Crippen molar-refractivity contribution in [3.8, 4) is 0 Å². The fourth-order valence-electron chi connectivity index (χ4n) is 0.465. The minimum Gasteiger partial charge on any atom is -0.297 e. The van der Waals surface area contributed by atoms with Gasteiger partial charge in [0, 0.05) is 4.88 Å². The second-order valence-corrected chi connectivity index (χ2v) is 4.95. The predicted octanol–water partition coefficient (Wildman–Crippen LogP) is 2.66. The van der Waals surface area contributed by atoms with Crippen molar-refractivity contribution in [1.29, 1.82) is 0 Å². The number of carbonyl (C=O) groups is 1. The smallest absolute Gasteiger partial charge is 0.161 e. The number of hydrogen-bond acceptors (Lipinski definition) is 4. The molecule has 0 atom stereocenters. The van der Waals surface area contributed by atoms with E-state index < -0.39 is 0 Å². The van der Waals surface area contributed by atoms with Crippen LogP contribution in [0, 0.1) is 10.1 Å². The zero-order valence-electron chi connectivity index (χ0n) is 4.71. The van der Waals surface area contributed by atoms with E-state index in [9.17, 15) is 4.79 Å². The molecule has 1 aromatic rings. The Morgan fingerprint density at radius 3 is 2.44 bits per heavy atom. The lowest BCUT2D eigenvalue weighted by Crippen LogP contribution is -1.70. The van der Waals surface area contributed by atoms with Crippen LogP contribution in [0.15, 0.2) is 0 Å². The molecule has 0 aliphatic carbocycles. The Morgan fingerprint density at radius 2 is 2.22 bits per heavy atom. The lowest BCUT2D eigenvalue weighted by atomic mass is 10.5. The molecular formula is C5H4OS3. The molecule has 0 saturated carbocycles. The molecule has 0 spiro atoms. The van der Waals surface area contributed by atoms with Gasteiger partial charge in [-0.2, -0.15) is 0 Å². The molecule has 1 aromatic heterocycles. The molecule has 0 radical (unpaired) electrons. The van der Waals surface area contributed by atoms with Crippen LogP contribution in [0.2, 0.25) is 0 Å². The summed E-state index contributed by atoms with van der Waals surface area (Å²) in [5.74, 6) is 0. The van der Waals surface area contributed by atoms with E-state index in [4.69, 9.17) is 12.2 Å². The minimum atomic E-state index is 0.769. The molecule has 0 aliphatic rings. The van der Waals surface area contributed by atoms with E-state index in [2.05, 4.69) is 0 Å². The van der Waals surface area contributed by atoms with Crippen LogP contribution in [0.25, 0.3) is 0 Å². The third-order valence-corrected chi connectivity index (χ3v) is 3.49. The summed E-state index contributed by atoms with van der Waals surface area (Å²) < 4.78 is 0.828. The van der Waals surface area contributed by atoms with Crippen molar-refractivity contribution in [3.63, 3.8) is 0 Å². The summed E-state index contributed by atoms with van der Waals surface area (Å²) in [4.78, 5) is 12.0. The summed E-state index contributed by atoms with van der Waals surface area (Å²) in [6, 6.07) is 0. The topological polar surface area (TPSA) is 17.1 Å². The second kappa shape index (κ2) is 2.68. The molecule has 0 amide bonds. The van der Waals surface area contributed by atoms with Crippen LogP contribution in [0.4, 0.5) is 0 Å². The largest absolute Gasteiger partial charge is 0.297 e. The van der Waals surface area contributed by atoms with Crippen molar-refractivity contribution < 1.29 is 4.79 Å². The summed E-state index contributed by atoms with van der Waals surface area (Å²) in [5.41, 5.74) is 0. The quantitative estimate of drug-likeness (QED) is 0.483. The monoisotopic (exact) mass is 176 g/mol. The van der Waals surface area contributed by atoms with E-state index in [-0.39, 0.29) is 0 Å². The van der Waals surface area contributed by atoms with E-state index in [0.29, 0.717) is 0 Å². The van der Waals surface area contributed by atoms with Gasteiger partial charge < -0.3 is 0 Å². The second-order valence-electron chi connectivity index (χ2n) is 1.49. The average Bonchev–Trinajstić information content (AvgIpc) is 2.10. The molecule has 0 saturated heterocycles. The first-order chi connectivity index (χ1) is 4.24. The number of hydrogen-bond donors (Lipinski definition) is 0. The molecule has 48 valence electrons. The van der Waals surface area contributed by atoms with Gasteiger partial charge in [0.25, 0.3) is 0 Å². The molecule has 1 heterocycles. The first kappa shape index (κ1) is 7.05. The van der Waals surface area contributed by atoms with Gasteiger partial charge in [-0.15, -0.1) is 22.7 Å². The summed E-state index contributed by atoms with van der Waals surface area (Å²) in [7, 11) is 0. The Kier molecular flexibility index (Phi) is 2.10. The molecule has 0 unspecified atom stereocenters. The van der Waals surface area contributed by atoms with Crippen LogP contribution in [0.1, 0.15) is 14.5 Å². The predicted molar refractivity (Wildman–Crippen MR) is 43.2 cm³/mol. The summed E-state index contributed by atoms with van der Waals surface area (Å²) >= 11 is 7.74. The van der Waals surface area contributed by atoms with Gasteiger partial charge in [0.2, 0.25) is 0 Å². The first-order valence-electron chi connectivity index (χ1n) is 2.29. The molecule has 0 aliphatic heterocycles. The lowest BCUT2D eigenvalue weighted by molar-refractivity contribution is 0.112. The van der Waals surface area contributed by atoms with E-state index >= 15 is 0 Å². The Hall–Kier alpha value is -0.0600. The Bertz CT molecular complexity index is 270. The normalized spacial score (nSPS) is 9.44. The molecule has 1 rings (SSSR count). The number of aryl methyl sites for hydroxylation is 1. The van der Waals surface area contributed by atoms with E-state index in [1.165, 1.54) is 22.7 Å². The average molecular weight is 176 g/mol. The van der Waals surface area contributed by atoms with E-state index in [1.54, 1.807) is 0 Å². The number of carbonyl (C=O) groups excluding carboxylic acids is 1. The standard InChI is InChI=1S/C5H4OS3/c1-3-4(2-6)9-5(7)8-3/h2H,1H3. The number of aldehydes is 1. The summed E-state index contributed by atoms with van der Waals surface area (Å²) in [5, 5.41) is 0. The zero-order valence-corrected chi connectivity index (χ0v) is 7.16. The summed E-state index contributed by atoms with van der Waals surface area (Å²) in [6.07, 6.45) is 0.853. The summed E-state index contributed by atoms with van der Waals surface area (Å²) in [6.45, 7) is 1.90. The Morgan fingerprint density at radius 1 is 1.56 bits per heavy atom. The maximum atomic E-state index is 10.2. The van der Waals surface area contributed by atoms with Gasteiger partial charge in [-0.25, -0.2) is 0 Å². The van der Waals surface area contributed by atoms with E-state index in [1.807, 2.05) is 6.92 Å². The van der Waals surface area contributed by atoms with Crippen LogP contribution < -0.4 is 0 Å². The minimum absolute atomic E-state index is 0.769. The van der Waals surface area contributed by atoms with Gasteiger partial charge in [0.15, 0.2) is 6.29 Å². The molecule has 9 heavy (non-hydrogen) atoms. The molecule has 0 bridgehead atoms. The van der Waals surface area contributed by atoms with Crippen molar-refractivity contribution in [1.82, 2.24) is 0 Å². The highest BCUT2D eigenvalue weighted by molar-refractivity contribution is 7.76. The lowest BCUT2D eigenvalue weighted by Gasteiger charge is -1.77. The maximum absolute atomic E-state index is 10.2. The van der Waals surface area contributed by atoms with Crippen LogP contribution >= 0.6 is 34.9 Å². The maximum Gasteiger partial charge on any atom is 0.161 e. The molecular weight excluding hydrogens is 172 g/mol. The Balaban J connectivity index is 3.31. The third-order valence-electron chi connectivity index (χ3n) is 0.884. The van der Waals surface area contributed by atoms with Gasteiger partial charge in [-0.1, -0.05) is 12.2 Å². The fraction of sp³-hybridized carbons (Fsp3) is 0.200. The van der Waals surface area contributed by atoms with Crippen molar-refractivity contribution in [2.24, 2.45) is 0 Å². The highest BCUT2D eigenvalue weighted by atomic mass is 32.2. The van der Waals surface area contributed by atoms with Crippen LogP contribution in [0.5, 0.6) is 0 Å². The molecule has 0 fully saturated rings. The SMILES string of the molecule is Cc1sc(=S)sc1C=O. The Labute approximate surface area is 66.0 Å². The molecule has 4 heteroatoms. The molecule has 0 aromatic carbocycles. The number of rotatable bonds is 1. The van der Waals surface area contributed by atoms with Crippen molar-refractivity contribution in [2.45, 2.75) is 6.92 Å². The van der Waals surface area contributed by atoms with Gasteiger partial charge in [-0.3, -0.25) is 4.79 Å². The fourth-order valence-corrected chi connectivity index (χ4v) is 2.94. The van der Waals surface area contributed by atoms with Gasteiger partial charge in [-0.05, 0) is 6.92 Å². The van der Waals surface area contributed by atoms with E-state index in [0.717, 1.165) is 19.2 Å². The van der Waals surface area contributed by atoms with Gasteiger partial charge in [0.1, 0.15) is 3.14 Å². The van der Waals surface area contributed by atoms with Gasteiger partial charge in [0.05, 0.1) is 4.88 Å². The van der Waals surface area contributed by atoms with Crippen molar-refractivity contribution in [3.05, 3.63) is 12.9 Å². The molecule has 1 nitrogen and oxygen atoms in total. The van der Waals surface area contributed by atoms with Crippen molar-refractivity contribution >= 4 is 41.2 Å². The zero-order chi connectivity index (χ0) is 6.85. The molecule has 0 N–H and O–H groups in total. The highest BCUT2D eigenvalue weighted by Gasteiger charge is 1.98. The van der Waals surface area contributed by atoms with Crippen LogP contribution in [-0.4, -0.2) is 6.29 Å². The first-order valence-corrected chi connectivity index (χ1v) is 4.34. The van der Waals surface area contributed by atoms with Crippen LogP contribution in [0.3, 0.4) is 0 Å². The highest BCUT2D eigenvalue weighted by Crippen LogP contribution is 2.21.